The summed E-state index contributed by atoms with van der Waals surface area (Å²) in [5, 5.41) is 7.43. The molecule has 2 aromatic carbocycles. The number of carbonyl (C=O) groups excluding carboxylic acids is 2. The number of hydrogen-bond acceptors (Lipinski definition) is 5. The molecule has 1 aliphatic heterocycles. The molecule has 0 aliphatic carbocycles. The summed E-state index contributed by atoms with van der Waals surface area (Å²) in [5.41, 5.74) is 3.01. The van der Waals surface area contributed by atoms with Crippen LogP contribution < -0.4 is 10.2 Å². The van der Waals surface area contributed by atoms with Gasteiger partial charge in [0.25, 0.3) is 0 Å². The number of nitrogens with zero attached hydrogens (tertiary/aromatic N) is 3. The molecule has 2 amide bonds. The first-order chi connectivity index (χ1) is 13.9. The fraction of sp³-hybridized carbons (Fsp3) is 0.238. The first kappa shape index (κ1) is 19.1. The predicted octanol–water partition coefficient (Wildman–Crippen LogP) is 4.00. The van der Waals surface area contributed by atoms with Gasteiger partial charge in [0.2, 0.25) is 23.5 Å². The number of anilines is 2. The van der Waals surface area contributed by atoms with Gasteiger partial charge < -0.3 is 14.7 Å². The van der Waals surface area contributed by atoms with E-state index < -0.39 is 5.92 Å². The van der Waals surface area contributed by atoms with Crippen LogP contribution in [0, 0.1) is 19.8 Å². The van der Waals surface area contributed by atoms with Crippen LogP contribution in [0.3, 0.4) is 0 Å². The Morgan fingerprint density at radius 3 is 2.79 bits per heavy atom. The number of carbonyl (C=O) groups is 2. The summed E-state index contributed by atoms with van der Waals surface area (Å²) in [6.45, 7) is 3.90. The quantitative estimate of drug-likeness (QED) is 0.702. The van der Waals surface area contributed by atoms with Crippen LogP contribution >= 0.6 is 11.6 Å². The Bertz CT molecular complexity index is 1100. The Morgan fingerprint density at radius 2 is 2.07 bits per heavy atom. The van der Waals surface area contributed by atoms with E-state index in [2.05, 4.69) is 15.5 Å². The minimum atomic E-state index is -0.436. The van der Waals surface area contributed by atoms with Crippen molar-refractivity contribution in [2.75, 3.05) is 16.8 Å². The van der Waals surface area contributed by atoms with Crippen molar-refractivity contribution in [1.82, 2.24) is 10.1 Å². The van der Waals surface area contributed by atoms with Crippen molar-refractivity contribution in [2.45, 2.75) is 20.3 Å². The molecule has 1 unspecified atom stereocenters. The second-order valence-electron chi connectivity index (χ2n) is 7.04. The molecule has 8 heteroatoms. The molecule has 0 spiro atoms. The van der Waals surface area contributed by atoms with Gasteiger partial charge in [0, 0.05) is 41.9 Å². The average Bonchev–Trinajstić information content (AvgIpc) is 3.30. The van der Waals surface area contributed by atoms with Crippen molar-refractivity contribution in [2.24, 2.45) is 5.92 Å². The molecule has 7 nitrogen and oxygen atoms in total. The standard InChI is InChI=1S/C21H19ClN4O3/c1-12-8-16(22)6-7-18(12)24-21(28)15-10-19(27)26(11-15)17-5-3-4-14(9-17)20-23-13(2)29-25-20/h3-9,15H,10-11H2,1-2H3,(H,24,28). The number of aryl methyl sites for hydroxylation is 2. The summed E-state index contributed by atoms with van der Waals surface area (Å²) in [4.78, 5) is 31.1. The fourth-order valence-electron chi connectivity index (χ4n) is 3.36. The molecule has 1 aromatic heterocycles. The highest BCUT2D eigenvalue weighted by atomic mass is 35.5. The molecular formula is C21H19ClN4O3. The molecule has 1 aliphatic rings. The summed E-state index contributed by atoms with van der Waals surface area (Å²) in [7, 11) is 0. The van der Waals surface area contributed by atoms with Crippen LogP contribution in [0.2, 0.25) is 5.02 Å². The van der Waals surface area contributed by atoms with E-state index in [0.29, 0.717) is 34.7 Å². The zero-order chi connectivity index (χ0) is 20.5. The molecule has 1 saturated heterocycles. The summed E-state index contributed by atoms with van der Waals surface area (Å²) in [6.07, 6.45) is 0.157. The molecule has 0 radical (unpaired) electrons. The van der Waals surface area contributed by atoms with Gasteiger partial charge in [-0.05, 0) is 42.8 Å². The maximum atomic E-state index is 12.7. The minimum Gasteiger partial charge on any atom is -0.339 e. The lowest BCUT2D eigenvalue weighted by Crippen LogP contribution is -2.28. The van der Waals surface area contributed by atoms with Gasteiger partial charge >= 0.3 is 0 Å². The summed E-state index contributed by atoms with van der Waals surface area (Å²) < 4.78 is 5.02. The Kier molecular flexibility index (Phi) is 5.07. The third-order valence-electron chi connectivity index (χ3n) is 4.89. The predicted molar refractivity (Wildman–Crippen MR) is 110 cm³/mol. The highest BCUT2D eigenvalue weighted by molar-refractivity contribution is 6.30. The lowest BCUT2D eigenvalue weighted by molar-refractivity contribution is -0.122. The van der Waals surface area contributed by atoms with Crippen LogP contribution in [0.15, 0.2) is 47.0 Å². The van der Waals surface area contributed by atoms with Crippen molar-refractivity contribution in [3.63, 3.8) is 0 Å². The zero-order valence-corrected chi connectivity index (χ0v) is 16.7. The van der Waals surface area contributed by atoms with Crippen LogP contribution in [-0.4, -0.2) is 28.5 Å². The number of benzene rings is 2. The summed E-state index contributed by atoms with van der Waals surface area (Å²) in [6, 6.07) is 12.6. The van der Waals surface area contributed by atoms with E-state index >= 15 is 0 Å². The van der Waals surface area contributed by atoms with Gasteiger partial charge in [-0.3, -0.25) is 9.59 Å². The van der Waals surface area contributed by atoms with Crippen LogP contribution in [0.1, 0.15) is 17.9 Å². The Labute approximate surface area is 172 Å². The number of halogens is 1. The second kappa shape index (κ2) is 7.67. The first-order valence-electron chi connectivity index (χ1n) is 9.19. The smallest absolute Gasteiger partial charge is 0.229 e. The fourth-order valence-corrected chi connectivity index (χ4v) is 3.59. The van der Waals surface area contributed by atoms with Gasteiger partial charge in [0.15, 0.2) is 0 Å². The topological polar surface area (TPSA) is 88.3 Å². The first-order valence-corrected chi connectivity index (χ1v) is 9.56. The molecule has 4 rings (SSSR count). The number of rotatable bonds is 4. The van der Waals surface area contributed by atoms with Gasteiger partial charge in [-0.1, -0.05) is 28.9 Å². The van der Waals surface area contributed by atoms with E-state index in [1.54, 1.807) is 30.0 Å². The maximum Gasteiger partial charge on any atom is 0.229 e. The van der Waals surface area contributed by atoms with Crippen molar-refractivity contribution in [3.8, 4) is 11.4 Å². The molecule has 148 valence electrons. The van der Waals surface area contributed by atoms with Gasteiger partial charge in [0.05, 0.1) is 5.92 Å². The molecule has 0 bridgehead atoms. The molecule has 3 aromatic rings. The summed E-state index contributed by atoms with van der Waals surface area (Å²) >= 11 is 5.97. The Morgan fingerprint density at radius 1 is 1.24 bits per heavy atom. The molecule has 2 heterocycles. The molecular weight excluding hydrogens is 392 g/mol. The summed E-state index contributed by atoms with van der Waals surface area (Å²) in [5.74, 6) is 0.213. The lowest BCUT2D eigenvalue weighted by atomic mass is 10.1. The normalized spacial score (nSPS) is 16.3. The van der Waals surface area contributed by atoms with Gasteiger partial charge in [0.1, 0.15) is 0 Å². The van der Waals surface area contributed by atoms with Crippen LogP contribution in [0.4, 0.5) is 11.4 Å². The molecule has 0 saturated carbocycles. The third kappa shape index (κ3) is 4.00. The molecule has 1 fully saturated rings. The van der Waals surface area contributed by atoms with E-state index in [4.69, 9.17) is 16.1 Å². The lowest BCUT2D eigenvalue weighted by Gasteiger charge is -2.17. The number of hydrogen-bond donors (Lipinski definition) is 1. The van der Waals surface area contributed by atoms with E-state index in [9.17, 15) is 9.59 Å². The highest BCUT2D eigenvalue weighted by Gasteiger charge is 2.35. The van der Waals surface area contributed by atoms with Crippen molar-refractivity contribution >= 4 is 34.8 Å². The largest absolute Gasteiger partial charge is 0.339 e. The van der Waals surface area contributed by atoms with Crippen LogP contribution in [0.5, 0.6) is 0 Å². The minimum absolute atomic E-state index is 0.0978. The van der Waals surface area contributed by atoms with E-state index in [0.717, 1.165) is 11.1 Å². The maximum absolute atomic E-state index is 12.7. The zero-order valence-electron chi connectivity index (χ0n) is 16.0. The van der Waals surface area contributed by atoms with E-state index in [-0.39, 0.29) is 18.2 Å². The van der Waals surface area contributed by atoms with Crippen molar-refractivity contribution < 1.29 is 14.1 Å². The SMILES string of the molecule is Cc1nc(-c2cccc(N3CC(C(=O)Nc4ccc(Cl)cc4C)CC3=O)c2)no1. The van der Waals surface area contributed by atoms with Gasteiger partial charge in [-0.2, -0.15) is 4.98 Å². The van der Waals surface area contributed by atoms with Crippen molar-refractivity contribution in [3.05, 3.63) is 58.9 Å². The number of aromatic nitrogens is 2. The van der Waals surface area contributed by atoms with E-state index in [1.165, 1.54) is 0 Å². The molecule has 1 atom stereocenters. The van der Waals surface area contributed by atoms with Gasteiger partial charge in [-0.15, -0.1) is 0 Å². The molecule has 29 heavy (non-hydrogen) atoms. The van der Waals surface area contributed by atoms with Gasteiger partial charge in [-0.25, -0.2) is 0 Å². The molecule has 1 N–H and O–H groups in total. The highest BCUT2D eigenvalue weighted by Crippen LogP contribution is 2.29. The monoisotopic (exact) mass is 410 g/mol. The second-order valence-corrected chi connectivity index (χ2v) is 7.48. The van der Waals surface area contributed by atoms with Crippen LogP contribution in [0.25, 0.3) is 11.4 Å². The number of amides is 2. The average molecular weight is 411 g/mol. The third-order valence-corrected chi connectivity index (χ3v) is 5.12. The number of nitrogens with one attached hydrogen (secondary N) is 1. The Balaban J connectivity index is 1.50. The van der Waals surface area contributed by atoms with Crippen molar-refractivity contribution in [1.29, 1.82) is 0 Å². The Hall–Kier alpha value is -3.19. The van der Waals surface area contributed by atoms with Crippen LogP contribution in [-0.2, 0) is 9.59 Å². The van der Waals surface area contributed by atoms with E-state index in [1.807, 2.05) is 31.2 Å².